The molecule has 37 heavy (non-hydrogen) atoms. The van der Waals surface area contributed by atoms with E-state index in [0.29, 0.717) is 24.2 Å². The number of ether oxygens (including phenoxy) is 2. The van der Waals surface area contributed by atoms with Crippen molar-refractivity contribution in [2.45, 2.75) is 19.4 Å². The van der Waals surface area contributed by atoms with Gasteiger partial charge in [0.15, 0.2) is 17.3 Å². The number of benzene rings is 1. The van der Waals surface area contributed by atoms with Crippen LogP contribution in [0.1, 0.15) is 29.2 Å². The number of aromatic nitrogens is 4. The molecule has 0 saturated carbocycles. The van der Waals surface area contributed by atoms with Crippen LogP contribution in [-0.4, -0.2) is 71.6 Å². The van der Waals surface area contributed by atoms with Crippen molar-refractivity contribution in [3.05, 3.63) is 35.9 Å². The number of nitrogens with one attached hydrogen (secondary N) is 2. The average Bonchev–Trinajstić information content (AvgIpc) is 3.33. The van der Waals surface area contributed by atoms with Gasteiger partial charge in [-0.2, -0.15) is 9.29 Å². The van der Waals surface area contributed by atoms with E-state index in [9.17, 15) is 18.0 Å². The highest BCUT2D eigenvalue weighted by Crippen LogP contribution is 2.37. The average molecular weight is 533 g/mol. The highest BCUT2D eigenvalue weighted by Gasteiger charge is 2.28. The molecule has 1 saturated heterocycles. The Kier molecular flexibility index (Phi) is 7.49. The van der Waals surface area contributed by atoms with Gasteiger partial charge in [0.1, 0.15) is 0 Å². The van der Waals surface area contributed by atoms with Crippen molar-refractivity contribution in [1.82, 2.24) is 24.6 Å². The summed E-state index contributed by atoms with van der Waals surface area (Å²) >= 11 is 0. The van der Waals surface area contributed by atoms with Gasteiger partial charge in [-0.05, 0) is 25.0 Å². The molecule has 2 aromatic heterocycles. The van der Waals surface area contributed by atoms with Crippen molar-refractivity contribution >= 4 is 39.2 Å². The Hall–Kier alpha value is -4.31. The van der Waals surface area contributed by atoms with E-state index >= 15 is 0 Å². The molecule has 16 heteroatoms. The number of nitrogens with two attached hydrogens (primary N) is 1. The first kappa shape index (κ1) is 25.8. The molecule has 0 aliphatic carbocycles. The second-order valence-electron chi connectivity index (χ2n) is 7.85. The molecule has 0 atom stereocenters. The fourth-order valence-electron chi connectivity index (χ4n) is 3.66. The van der Waals surface area contributed by atoms with Crippen molar-refractivity contribution in [1.29, 1.82) is 0 Å². The van der Waals surface area contributed by atoms with Crippen molar-refractivity contribution in [2.75, 3.05) is 37.2 Å². The number of sulfonamides is 1. The molecule has 196 valence electrons. The first-order valence-corrected chi connectivity index (χ1v) is 12.6. The largest absolute Gasteiger partial charge is 0.494 e. The molecule has 0 spiro atoms. The summed E-state index contributed by atoms with van der Waals surface area (Å²) in [5, 5.41) is 16.9. The Bertz CT molecular complexity index is 1430. The van der Waals surface area contributed by atoms with Gasteiger partial charge >= 0.3 is 6.09 Å². The zero-order valence-electron chi connectivity index (χ0n) is 19.9. The maximum absolute atomic E-state index is 12.3. The third-order valence-electron chi connectivity index (χ3n) is 5.41. The van der Waals surface area contributed by atoms with E-state index in [1.165, 1.54) is 24.6 Å². The summed E-state index contributed by atoms with van der Waals surface area (Å²) in [6.07, 6.45) is 0.600. The summed E-state index contributed by atoms with van der Waals surface area (Å²) in [5.41, 5.74) is 6.19. The molecule has 0 unspecified atom stereocenters. The van der Waals surface area contributed by atoms with E-state index < -0.39 is 22.0 Å². The van der Waals surface area contributed by atoms with Gasteiger partial charge in [-0.1, -0.05) is 11.2 Å². The zero-order chi connectivity index (χ0) is 26.6. The van der Waals surface area contributed by atoms with Crippen LogP contribution in [0.15, 0.2) is 28.8 Å². The van der Waals surface area contributed by atoms with Crippen molar-refractivity contribution in [3.63, 3.8) is 0 Å². The first-order chi connectivity index (χ1) is 17.7. The summed E-state index contributed by atoms with van der Waals surface area (Å²) < 4.78 is 41.3. The van der Waals surface area contributed by atoms with Gasteiger partial charge in [0.05, 0.1) is 43.5 Å². The van der Waals surface area contributed by atoms with Gasteiger partial charge in [0.2, 0.25) is 21.7 Å². The van der Waals surface area contributed by atoms with Crippen LogP contribution in [0, 0.1) is 0 Å². The van der Waals surface area contributed by atoms with Crippen molar-refractivity contribution in [3.8, 4) is 17.1 Å². The van der Waals surface area contributed by atoms with Gasteiger partial charge in [-0.25, -0.2) is 13.2 Å². The minimum atomic E-state index is -3.37. The molecule has 2 amide bonds. The lowest BCUT2D eigenvalue weighted by Crippen LogP contribution is -2.37. The minimum absolute atomic E-state index is 0.00458. The van der Waals surface area contributed by atoms with Gasteiger partial charge in [0.25, 0.3) is 5.91 Å². The molecule has 1 fully saturated rings. The molecular formula is C21H24N8O7S. The maximum Gasteiger partial charge on any atom is 0.412 e. The number of amides is 2. The van der Waals surface area contributed by atoms with Gasteiger partial charge < -0.3 is 25.0 Å². The van der Waals surface area contributed by atoms with Crippen LogP contribution in [0.2, 0.25) is 0 Å². The predicted molar refractivity (Wildman–Crippen MR) is 130 cm³/mol. The Morgan fingerprint density at radius 1 is 1.19 bits per heavy atom. The molecular weight excluding hydrogens is 508 g/mol. The number of para-hydroxylation sites is 1. The van der Waals surface area contributed by atoms with Crippen LogP contribution >= 0.6 is 0 Å². The number of carbonyl (C=O) groups excluding carboxylic acids is 2. The van der Waals surface area contributed by atoms with Gasteiger partial charge in [-0.15, -0.1) is 10.2 Å². The fourth-order valence-corrected chi connectivity index (χ4v) is 5.20. The van der Waals surface area contributed by atoms with Crippen LogP contribution in [0.3, 0.4) is 0 Å². The maximum atomic E-state index is 12.3. The fraction of sp³-hybridized carbons (Fsp3) is 0.333. The number of methoxy groups -OCH3 is 2. The number of rotatable bonds is 8. The standard InChI is InChI=1S/C21H24N8O7S/c1-34-18-12(20-25-16(36-28-20)11-29-8-3-4-9-37(29,32)33)6-5-7-13(18)23-14-10-15(24-21(31)35-2)26-27-17(14)19(22)30/h5-7,10H,3-4,8-9,11H2,1-2H3,(H2,22,30)(H2,23,24,26,31). The number of anilines is 3. The predicted octanol–water partition coefficient (Wildman–Crippen LogP) is 1.48. The second kappa shape index (κ2) is 10.8. The molecule has 1 aliphatic rings. The molecule has 0 radical (unpaired) electrons. The highest BCUT2D eigenvalue weighted by atomic mass is 32.2. The summed E-state index contributed by atoms with van der Waals surface area (Å²) in [6, 6.07) is 6.36. The lowest BCUT2D eigenvalue weighted by molar-refractivity contribution is 0.0995. The van der Waals surface area contributed by atoms with Crippen molar-refractivity contribution < 1.29 is 32.0 Å². The third-order valence-corrected chi connectivity index (χ3v) is 7.31. The smallest absolute Gasteiger partial charge is 0.412 e. The second-order valence-corrected chi connectivity index (χ2v) is 9.94. The molecule has 4 rings (SSSR count). The van der Waals surface area contributed by atoms with Gasteiger partial charge in [-0.3, -0.25) is 10.1 Å². The minimum Gasteiger partial charge on any atom is -0.494 e. The monoisotopic (exact) mass is 532 g/mol. The van der Waals surface area contributed by atoms with Crippen molar-refractivity contribution in [2.24, 2.45) is 5.73 Å². The highest BCUT2D eigenvalue weighted by molar-refractivity contribution is 7.89. The van der Waals surface area contributed by atoms with Crippen LogP contribution in [0.5, 0.6) is 5.75 Å². The Morgan fingerprint density at radius 2 is 2.00 bits per heavy atom. The van der Waals surface area contributed by atoms with Gasteiger partial charge in [0, 0.05) is 12.6 Å². The molecule has 4 N–H and O–H groups in total. The Balaban J connectivity index is 1.64. The molecule has 1 aromatic carbocycles. The topological polar surface area (TPSA) is 205 Å². The molecule has 1 aliphatic heterocycles. The number of carbonyl (C=O) groups is 2. The Morgan fingerprint density at radius 3 is 2.70 bits per heavy atom. The van der Waals surface area contributed by atoms with E-state index in [1.54, 1.807) is 18.2 Å². The molecule has 3 aromatic rings. The first-order valence-electron chi connectivity index (χ1n) is 11.0. The normalized spacial score (nSPS) is 15.1. The van der Waals surface area contributed by atoms with E-state index in [-0.39, 0.29) is 47.0 Å². The lowest BCUT2D eigenvalue weighted by atomic mass is 10.1. The zero-order valence-corrected chi connectivity index (χ0v) is 20.7. The van der Waals surface area contributed by atoms with E-state index in [1.807, 2.05) is 0 Å². The summed E-state index contributed by atoms with van der Waals surface area (Å²) in [6.45, 7) is 0.355. The summed E-state index contributed by atoms with van der Waals surface area (Å²) in [5.74, 6) is -0.177. The SMILES string of the molecule is COC(=O)Nc1cc(Nc2cccc(-c3noc(CN4CCCCS4(=O)=O)n3)c2OC)c(C(N)=O)nn1. The molecule has 3 heterocycles. The summed E-state index contributed by atoms with van der Waals surface area (Å²) in [4.78, 5) is 27.8. The third kappa shape index (κ3) is 5.75. The lowest BCUT2D eigenvalue weighted by Gasteiger charge is -2.24. The summed E-state index contributed by atoms with van der Waals surface area (Å²) in [7, 11) is -0.756. The van der Waals surface area contributed by atoms with E-state index in [2.05, 4.69) is 35.7 Å². The molecule has 15 nitrogen and oxygen atoms in total. The van der Waals surface area contributed by atoms with Crippen LogP contribution in [-0.2, 0) is 21.3 Å². The number of nitrogens with zero attached hydrogens (tertiary/aromatic N) is 5. The number of primary amides is 1. The molecule has 0 bridgehead atoms. The van der Waals surface area contributed by atoms with Crippen LogP contribution in [0.25, 0.3) is 11.4 Å². The van der Waals surface area contributed by atoms with Crippen LogP contribution in [0.4, 0.5) is 22.0 Å². The Labute approximate surface area is 211 Å². The quantitative estimate of drug-likeness (QED) is 0.377. The van der Waals surface area contributed by atoms with E-state index in [4.69, 9.17) is 15.0 Å². The number of hydrogen-bond donors (Lipinski definition) is 3. The number of hydrogen-bond acceptors (Lipinski definition) is 12. The van der Waals surface area contributed by atoms with Crippen LogP contribution < -0.4 is 21.1 Å². The van der Waals surface area contributed by atoms with E-state index in [0.717, 1.165) is 6.42 Å².